The molecule has 0 aliphatic carbocycles. The van der Waals surface area contributed by atoms with E-state index in [4.69, 9.17) is 16.0 Å². The van der Waals surface area contributed by atoms with E-state index in [-0.39, 0.29) is 5.78 Å². The van der Waals surface area contributed by atoms with Crippen molar-refractivity contribution in [3.63, 3.8) is 0 Å². The van der Waals surface area contributed by atoms with Gasteiger partial charge in [0.25, 0.3) is 0 Å². The zero-order valence-corrected chi connectivity index (χ0v) is 12.3. The van der Waals surface area contributed by atoms with Gasteiger partial charge in [-0.3, -0.25) is 4.79 Å². The van der Waals surface area contributed by atoms with Gasteiger partial charge < -0.3 is 4.42 Å². The van der Waals surface area contributed by atoms with E-state index in [1.54, 1.807) is 30.3 Å². The first kappa shape index (κ1) is 13.1. The van der Waals surface area contributed by atoms with Crippen LogP contribution in [0.25, 0.3) is 21.9 Å². The lowest BCUT2D eigenvalue weighted by Gasteiger charge is -2.02. The van der Waals surface area contributed by atoms with Crippen molar-refractivity contribution < 1.29 is 9.21 Å². The molecule has 0 bridgehead atoms. The van der Waals surface area contributed by atoms with Crippen molar-refractivity contribution >= 4 is 39.3 Å². The minimum Gasteiger partial charge on any atom is -0.456 e. The third-order valence-electron chi connectivity index (χ3n) is 3.73. The fourth-order valence-electron chi connectivity index (χ4n) is 2.66. The van der Waals surface area contributed by atoms with Crippen LogP contribution in [0.4, 0.5) is 0 Å². The lowest BCUT2D eigenvalue weighted by Crippen LogP contribution is -2.00. The van der Waals surface area contributed by atoms with Crippen molar-refractivity contribution in [2.24, 2.45) is 0 Å². The lowest BCUT2D eigenvalue weighted by molar-refractivity contribution is 0.103. The topological polar surface area (TPSA) is 30.2 Å². The second kappa shape index (κ2) is 5.00. The molecule has 0 saturated heterocycles. The van der Waals surface area contributed by atoms with Gasteiger partial charge in [-0.15, -0.1) is 0 Å². The molecule has 106 valence electrons. The lowest BCUT2D eigenvalue weighted by atomic mass is 10.0. The third-order valence-corrected chi connectivity index (χ3v) is 3.96. The summed E-state index contributed by atoms with van der Waals surface area (Å²) in [5.74, 6) is -0.0466. The molecule has 0 N–H and O–H groups in total. The molecular weight excluding hydrogens is 296 g/mol. The number of para-hydroxylation sites is 1. The van der Waals surface area contributed by atoms with Crippen molar-refractivity contribution in [1.29, 1.82) is 0 Å². The Morgan fingerprint density at radius 2 is 1.55 bits per heavy atom. The number of ketones is 1. The van der Waals surface area contributed by atoms with E-state index in [2.05, 4.69) is 0 Å². The van der Waals surface area contributed by atoms with Gasteiger partial charge >= 0.3 is 0 Å². The molecule has 0 saturated carbocycles. The number of carbonyl (C=O) groups is 1. The van der Waals surface area contributed by atoms with Crippen LogP contribution in [0, 0.1) is 0 Å². The first-order valence-corrected chi connectivity index (χ1v) is 7.32. The Hall–Kier alpha value is -2.58. The molecular formula is C19H11ClO2. The van der Waals surface area contributed by atoms with Crippen LogP contribution in [0.5, 0.6) is 0 Å². The smallest absolute Gasteiger partial charge is 0.193 e. The van der Waals surface area contributed by atoms with Crippen molar-refractivity contribution in [2.75, 3.05) is 0 Å². The molecule has 0 amide bonds. The minimum atomic E-state index is -0.0466. The van der Waals surface area contributed by atoms with Gasteiger partial charge in [0, 0.05) is 26.9 Å². The summed E-state index contributed by atoms with van der Waals surface area (Å²) < 4.78 is 5.78. The molecule has 0 aliphatic rings. The standard InChI is InChI=1S/C19H11ClO2/c20-14-5-3-4-12(10-14)19(21)13-8-9-18-16(11-13)15-6-1-2-7-17(15)22-18/h1-11H. The zero-order valence-electron chi connectivity index (χ0n) is 11.5. The highest BCUT2D eigenvalue weighted by Crippen LogP contribution is 2.29. The van der Waals surface area contributed by atoms with E-state index in [0.717, 1.165) is 21.9 Å². The van der Waals surface area contributed by atoms with E-state index in [1.807, 2.05) is 36.4 Å². The van der Waals surface area contributed by atoms with Crippen LogP contribution in [-0.2, 0) is 0 Å². The molecule has 2 nitrogen and oxygen atoms in total. The predicted molar refractivity (Wildman–Crippen MR) is 88.6 cm³/mol. The SMILES string of the molecule is O=C(c1cccc(Cl)c1)c1ccc2oc3ccccc3c2c1. The van der Waals surface area contributed by atoms with Crippen molar-refractivity contribution in [3.8, 4) is 0 Å². The predicted octanol–water partition coefficient (Wildman–Crippen LogP) is 5.47. The Morgan fingerprint density at radius 3 is 2.41 bits per heavy atom. The maximum atomic E-state index is 12.6. The van der Waals surface area contributed by atoms with E-state index in [0.29, 0.717) is 16.1 Å². The molecule has 0 aliphatic heterocycles. The van der Waals surface area contributed by atoms with Gasteiger partial charge in [-0.2, -0.15) is 0 Å². The summed E-state index contributed by atoms with van der Waals surface area (Å²) >= 11 is 5.96. The molecule has 4 rings (SSSR count). The van der Waals surface area contributed by atoms with Crippen LogP contribution >= 0.6 is 11.6 Å². The molecule has 3 aromatic carbocycles. The van der Waals surface area contributed by atoms with Gasteiger partial charge in [0.05, 0.1) is 0 Å². The average Bonchev–Trinajstić information content (AvgIpc) is 2.92. The largest absolute Gasteiger partial charge is 0.456 e. The van der Waals surface area contributed by atoms with E-state index in [1.165, 1.54) is 0 Å². The van der Waals surface area contributed by atoms with Gasteiger partial charge in [-0.05, 0) is 36.4 Å². The molecule has 1 heterocycles. The number of carbonyl (C=O) groups excluding carboxylic acids is 1. The van der Waals surface area contributed by atoms with Gasteiger partial charge in [-0.1, -0.05) is 41.9 Å². The van der Waals surface area contributed by atoms with E-state index in [9.17, 15) is 4.79 Å². The molecule has 0 fully saturated rings. The maximum absolute atomic E-state index is 12.6. The second-order valence-corrected chi connectivity index (χ2v) is 5.59. The Labute approximate surface area is 131 Å². The molecule has 1 aromatic heterocycles. The van der Waals surface area contributed by atoms with Crippen LogP contribution in [0.3, 0.4) is 0 Å². The first-order chi connectivity index (χ1) is 10.7. The highest BCUT2D eigenvalue weighted by atomic mass is 35.5. The Morgan fingerprint density at radius 1 is 0.773 bits per heavy atom. The molecule has 0 spiro atoms. The molecule has 0 unspecified atom stereocenters. The number of hydrogen-bond acceptors (Lipinski definition) is 2. The number of halogens is 1. The van der Waals surface area contributed by atoms with Crippen molar-refractivity contribution in [3.05, 3.63) is 82.9 Å². The number of benzene rings is 3. The Balaban J connectivity index is 1.88. The van der Waals surface area contributed by atoms with Gasteiger partial charge in [0.2, 0.25) is 0 Å². The average molecular weight is 307 g/mol. The summed E-state index contributed by atoms with van der Waals surface area (Å²) in [5, 5.41) is 2.52. The van der Waals surface area contributed by atoms with Crippen LogP contribution in [-0.4, -0.2) is 5.78 Å². The van der Waals surface area contributed by atoms with Crippen LogP contribution in [0.15, 0.2) is 71.1 Å². The molecule has 22 heavy (non-hydrogen) atoms. The zero-order chi connectivity index (χ0) is 15.1. The van der Waals surface area contributed by atoms with E-state index < -0.39 is 0 Å². The van der Waals surface area contributed by atoms with Crippen LogP contribution in [0.1, 0.15) is 15.9 Å². The van der Waals surface area contributed by atoms with Crippen LogP contribution < -0.4 is 0 Å². The monoisotopic (exact) mass is 306 g/mol. The molecule has 3 heteroatoms. The minimum absolute atomic E-state index is 0.0466. The summed E-state index contributed by atoms with van der Waals surface area (Å²) in [5.41, 5.74) is 2.81. The van der Waals surface area contributed by atoms with Crippen molar-refractivity contribution in [2.45, 2.75) is 0 Å². The summed E-state index contributed by atoms with van der Waals surface area (Å²) in [6.07, 6.45) is 0. The van der Waals surface area contributed by atoms with Gasteiger partial charge in [-0.25, -0.2) is 0 Å². The summed E-state index contributed by atoms with van der Waals surface area (Å²) in [4.78, 5) is 12.6. The fourth-order valence-corrected chi connectivity index (χ4v) is 2.85. The van der Waals surface area contributed by atoms with Crippen LogP contribution in [0.2, 0.25) is 5.02 Å². The molecule has 0 radical (unpaired) electrons. The first-order valence-electron chi connectivity index (χ1n) is 6.94. The summed E-state index contributed by atoms with van der Waals surface area (Å²) in [6.45, 7) is 0. The number of furan rings is 1. The summed E-state index contributed by atoms with van der Waals surface area (Å²) in [6, 6.07) is 20.3. The second-order valence-electron chi connectivity index (χ2n) is 5.15. The van der Waals surface area contributed by atoms with E-state index >= 15 is 0 Å². The summed E-state index contributed by atoms with van der Waals surface area (Å²) in [7, 11) is 0. The van der Waals surface area contributed by atoms with Crippen molar-refractivity contribution in [1.82, 2.24) is 0 Å². The van der Waals surface area contributed by atoms with Gasteiger partial charge in [0.15, 0.2) is 5.78 Å². The highest BCUT2D eigenvalue weighted by molar-refractivity contribution is 6.31. The highest BCUT2D eigenvalue weighted by Gasteiger charge is 2.13. The number of fused-ring (bicyclic) bond motifs is 3. The molecule has 4 aromatic rings. The normalized spacial score (nSPS) is 11.1. The third kappa shape index (κ3) is 2.09. The van der Waals surface area contributed by atoms with Gasteiger partial charge in [0.1, 0.15) is 11.2 Å². The number of rotatable bonds is 2. The fraction of sp³-hybridized carbons (Fsp3) is 0. The Kier molecular flexibility index (Phi) is 2.98. The Bertz CT molecular complexity index is 1010. The number of hydrogen-bond donors (Lipinski definition) is 0. The molecule has 0 atom stereocenters. The quantitative estimate of drug-likeness (QED) is 0.460. The maximum Gasteiger partial charge on any atom is 0.193 e.